The highest BCUT2D eigenvalue weighted by molar-refractivity contribution is 7.99. The van der Waals surface area contributed by atoms with E-state index < -0.39 is 10.0 Å². The number of nitrogens with one attached hydrogen (secondary N) is 2. The van der Waals surface area contributed by atoms with Gasteiger partial charge in [-0.2, -0.15) is 11.8 Å². The van der Waals surface area contributed by atoms with E-state index in [-0.39, 0.29) is 0 Å². The average Bonchev–Trinajstić information content (AvgIpc) is 2.97. The van der Waals surface area contributed by atoms with E-state index in [4.69, 9.17) is 0 Å². The molecule has 1 fully saturated rings. The maximum absolute atomic E-state index is 12.4. The number of hydrogen-bond acceptors (Lipinski definition) is 5. The number of aryl methyl sites for hydroxylation is 1. The van der Waals surface area contributed by atoms with E-state index in [1.165, 1.54) is 11.3 Å². The molecular formula is C12H20N2O2S3. The Labute approximate surface area is 123 Å². The van der Waals surface area contributed by atoms with Crippen molar-refractivity contribution in [3.63, 3.8) is 0 Å². The van der Waals surface area contributed by atoms with E-state index in [1.807, 2.05) is 31.1 Å². The standard InChI is InChI=1S/C12H20N2O2S3/c1-9-7-18-11(6-13-2)12(9)19(15,16)14-5-10-3-4-17-8-10/h7,10,13-14H,3-6,8H2,1-2H3. The minimum atomic E-state index is -3.38. The first kappa shape index (κ1) is 15.3. The summed E-state index contributed by atoms with van der Waals surface area (Å²) in [5.41, 5.74) is 0.837. The summed E-state index contributed by atoms with van der Waals surface area (Å²) in [5.74, 6) is 2.69. The molecule has 7 heteroatoms. The lowest BCUT2D eigenvalue weighted by atomic mass is 10.1. The summed E-state index contributed by atoms with van der Waals surface area (Å²) < 4.78 is 27.6. The van der Waals surface area contributed by atoms with Crippen molar-refractivity contribution >= 4 is 33.1 Å². The van der Waals surface area contributed by atoms with Crippen molar-refractivity contribution in [2.75, 3.05) is 25.1 Å². The van der Waals surface area contributed by atoms with Crippen LogP contribution in [-0.2, 0) is 16.6 Å². The van der Waals surface area contributed by atoms with Crippen LogP contribution in [0.4, 0.5) is 0 Å². The van der Waals surface area contributed by atoms with Gasteiger partial charge in [-0.25, -0.2) is 13.1 Å². The fourth-order valence-corrected chi connectivity index (χ4v) is 6.39. The molecule has 1 saturated heterocycles. The van der Waals surface area contributed by atoms with Crippen LogP contribution in [-0.4, -0.2) is 33.5 Å². The highest BCUT2D eigenvalue weighted by Crippen LogP contribution is 2.27. The Kier molecular flexibility index (Phi) is 5.30. The van der Waals surface area contributed by atoms with Crippen LogP contribution < -0.4 is 10.0 Å². The van der Waals surface area contributed by atoms with Crippen molar-refractivity contribution in [3.05, 3.63) is 15.8 Å². The highest BCUT2D eigenvalue weighted by Gasteiger charge is 2.24. The number of sulfonamides is 1. The van der Waals surface area contributed by atoms with Crippen LogP contribution in [0.1, 0.15) is 16.9 Å². The summed E-state index contributed by atoms with van der Waals surface area (Å²) in [6.45, 7) is 3.01. The summed E-state index contributed by atoms with van der Waals surface area (Å²) in [6.07, 6.45) is 1.11. The SMILES string of the molecule is CNCc1scc(C)c1S(=O)(=O)NCC1CCSC1. The van der Waals surface area contributed by atoms with Gasteiger partial charge in [0.2, 0.25) is 10.0 Å². The fraction of sp³-hybridized carbons (Fsp3) is 0.667. The summed E-state index contributed by atoms with van der Waals surface area (Å²) in [5, 5.41) is 4.93. The molecule has 19 heavy (non-hydrogen) atoms. The summed E-state index contributed by atoms with van der Waals surface area (Å²) in [7, 11) is -1.55. The van der Waals surface area contributed by atoms with Gasteiger partial charge in [0, 0.05) is 18.0 Å². The van der Waals surface area contributed by atoms with Gasteiger partial charge in [-0.3, -0.25) is 0 Å². The van der Waals surface area contributed by atoms with Gasteiger partial charge in [-0.1, -0.05) is 0 Å². The van der Waals surface area contributed by atoms with Gasteiger partial charge in [0.15, 0.2) is 0 Å². The van der Waals surface area contributed by atoms with Gasteiger partial charge in [0.05, 0.1) is 0 Å². The fourth-order valence-electron chi connectivity index (χ4n) is 2.17. The molecule has 1 aliphatic rings. The van der Waals surface area contributed by atoms with Gasteiger partial charge >= 0.3 is 0 Å². The largest absolute Gasteiger partial charge is 0.315 e. The monoisotopic (exact) mass is 320 g/mol. The number of rotatable bonds is 6. The average molecular weight is 321 g/mol. The maximum atomic E-state index is 12.4. The lowest BCUT2D eigenvalue weighted by Crippen LogP contribution is -2.30. The Bertz CT molecular complexity index is 519. The van der Waals surface area contributed by atoms with Gasteiger partial charge in [-0.15, -0.1) is 11.3 Å². The second-order valence-corrected chi connectivity index (χ2v) is 8.60. The molecule has 0 aromatic carbocycles. The van der Waals surface area contributed by atoms with Crippen LogP contribution in [0.2, 0.25) is 0 Å². The van der Waals surface area contributed by atoms with Crippen LogP contribution in [0, 0.1) is 12.8 Å². The third kappa shape index (κ3) is 3.72. The normalized spacial score (nSPS) is 20.0. The zero-order valence-corrected chi connectivity index (χ0v) is 13.7. The molecule has 2 N–H and O–H groups in total. The third-order valence-electron chi connectivity index (χ3n) is 3.18. The Balaban J connectivity index is 2.11. The molecule has 1 unspecified atom stereocenters. The van der Waals surface area contributed by atoms with Gasteiger partial charge < -0.3 is 5.32 Å². The van der Waals surface area contributed by atoms with Crippen LogP contribution >= 0.6 is 23.1 Å². The molecule has 2 rings (SSSR count). The Morgan fingerprint density at radius 3 is 2.89 bits per heavy atom. The molecule has 1 atom stereocenters. The lowest BCUT2D eigenvalue weighted by Gasteiger charge is -2.12. The molecule has 0 saturated carbocycles. The van der Waals surface area contributed by atoms with E-state index in [9.17, 15) is 8.42 Å². The summed E-state index contributed by atoms with van der Waals surface area (Å²) >= 11 is 3.40. The first-order valence-corrected chi connectivity index (χ1v) is 9.85. The molecule has 1 aromatic rings. The molecule has 0 aliphatic carbocycles. The zero-order chi connectivity index (χ0) is 13.9. The van der Waals surface area contributed by atoms with E-state index in [2.05, 4.69) is 10.0 Å². The predicted molar refractivity (Wildman–Crippen MR) is 82.4 cm³/mol. The van der Waals surface area contributed by atoms with E-state index in [1.54, 1.807) is 0 Å². The zero-order valence-electron chi connectivity index (χ0n) is 11.2. The lowest BCUT2D eigenvalue weighted by molar-refractivity contribution is 0.545. The molecule has 4 nitrogen and oxygen atoms in total. The first-order valence-electron chi connectivity index (χ1n) is 6.33. The van der Waals surface area contributed by atoms with Crippen LogP contribution in [0.25, 0.3) is 0 Å². The summed E-state index contributed by atoms with van der Waals surface area (Å²) in [4.78, 5) is 1.35. The Morgan fingerprint density at radius 1 is 1.47 bits per heavy atom. The van der Waals surface area contributed by atoms with Gasteiger partial charge in [-0.05, 0) is 48.8 Å². The van der Waals surface area contributed by atoms with Crippen molar-refractivity contribution in [3.8, 4) is 0 Å². The molecule has 0 bridgehead atoms. The minimum absolute atomic E-state index is 0.470. The number of thioether (sulfide) groups is 1. The molecule has 0 radical (unpaired) electrons. The van der Waals surface area contributed by atoms with E-state index >= 15 is 0 Å². The van der Waals surface area contributed by atoms with Gasteiger partial charge in [0.25, 0.3) is 0 Å². The molecule has 0 amide bonds. The molecule has 0 spiro atoms. The van der Waals surface area contributed by atoms with Crippen LogP contribution in [0.5, 0.6) is 0 Å². The van der Waals surface area contributed by atoms with E-state index in [0.29, 0.717) is 23.9 Å². The highest BCUT2D eigenvalue weighted by atomic mass is 32.2. The second-order valence-electron chi connectivity index (χ2n) is 4.78. The van der Waals surface area contributed by atoms with Crippen molar-refractivity contribution < 1.29 is 8.42 Å². The topological polar surface area (TPSA) is 58.2 Å². The van der Waals surface area contributed by atoms with E-state index in [0.717, 1.165) is 28.4 Å². The Morgan fingerprint density at radius 2 is 2.26 bits per heavy atom. The van der Waals surface area contributed by atoms with Crippen LogP contribution in [0.3, 0.4) is 0 Å². The first-order chi connectivity index (χ1) is 9.04. The second kappa shape index (κ2) is 6.58. The minimum Gasteiger partial charge on any atom is -0.315 e. The van der Waals surface area contributed by atoms with Gasteiger partial charge in [0.1, 0.15) is 4.90 Å². The Hall–Kier alpha value is -0.0800. The molecule has 1 aromatic heterocycles. The number of thiophene rings is 1. The van der Waals surface area contributed by atoms with Crippen LogP contribution in [0.15, 0.2) is 10.3 Å². The maximum Gasteiger partial charge on any atom is 0.241 e. The van der Waals surface area contributed by atoms with Crippen molar-refractivity contribution in [2.24, 2.45) is 5.92 Å². The smallest absolute Gasteiger partial charge is 0.241 e. The predicted octanol–water partition coefficient (Wildman–Crippen LogP) is 1.81. The molecule has 108 valence electrons. The van der Waals surface area contributed by atoms with Crippen molar-refractivity contribution in [1.29, 1.82) is 0 Å². The molecule has 1 aliphatic heterocycles. The van der Waals surface area contributed by atoms with Crippen molar-refractivity contribution in [2.45, 2.75) is 24.8 Å². The number of hydrogen-bond donors (Lipinski definition) is 2. The molecular weight excluding hydrogens is 300 g/mol. The summed E-state index contributed by atoms with van der Waals surface area (Å²) in [6, 6.07) is 0. The quantitative estimate of drug-likeness (QED) is 0.839. The third-order valence-corrected chi connectivity index (χ3v) is 7.30. The van der Waals surface area contributed by atoms with Crippen molar-refractivity contribution in [1.82, 2.24) is 10.0 Å². The molecule has 2 heterocycles.